The average Bonchev–Trinajstić information content (AvgIpc) is 3.27. The van der Waals surface area contributed by atoms with Gasteiger partial charge in [-0.15, -0.1) is 11.8 Å². The predicted molar refractivity (Wildman–Crippen MR) is 239 cm³/mol. The summed E-state index contributed by atoms with van der Waals surface area (Å²) >= 11 is 11.6. The minimum Gasteiger partial charge on any atom is -0.796 e. The number of hydrogen-bond donors (Lipinski definition) is 4. The second kappa shape index (κ2) is 23.6. The molecule has 0 saturated heterocycles. The van der Waals surface area contributed by atoms with Gasteiger partial charge in [-0.25, -0.2) is 19.9 Å². The van der Waals surface area contributed by atoms with E-state index in [1.807, 2.05) is 85.2 Å². The minimum atomic E-state index is -0.488. The zero-order valence-corrected chi connectivity index (χ0v) is 38.7. The number of nitrogens with zero attached hydrogens (tertiary/aromatic N) is 4. The first-order chi connectivity index (χ1) is 28.7. The van der Waals surface area contributed by atoms with Crippen molar-refractivity contribution in [2.75, 3.05) is 12.5 Å². The number of nitrogens with one attached hydrogen (secondary N) is 2. The van der Waals surface area contributed by atoms with Gasteiger partial charge in [0.2, 0.25) is 0 Å². The van der Waals surface area contributed by atoms with Crippen LogP contribution in [-0.4, -0.2) is 78.8 Å². The van der Waals surface area contributed by atoms with Crippen molar-refractivity contribution < 1.29 is 49.4 Å². The molecule has 2 aliphatic carbocycles. The Kier molecular flexibility index (Phi) is 18.6. The second-order valence-corrected chi connectivity index (χ2v) is 16.0. The summed E-state index contributed by atoms with van der Waals surface area (Å²) in [5.41, 5.74) is 6.48. The molecule has 0 aliphatic heterocycles. The molecule has 4 N–H and O–H groups in total. The van der Waals surface area contributed by atoms with Crippen LogP contribution in [0.25, 0.3) is 21.8 Å². The molecular formula is C46H50ClN6NaO4S2. The third-order valence-electron chi connectivity index (χ3n) is 10.7. The van der Waals surface area contributed by atoms with Crippen molar-refractivity contribution in [3.63, 3.8) is 0 Å². The summed E-state index contributed by atoms with van der Waals surface area (Å²) in [4.78, 5) is 43.5. The van der Waals surface area contributed by atoms with Gasteiger partial charge in [-0.3, -0.25) is 9.59 Å². The Balaban J connectivity index is 0.000000215. The Morgan fingerprint density at radius 3 is 1.55 bits per heavy atom. The van der Waals surface area contributed by atoms with Gasteiger partial charge in [0.1, 0.15) is 16.5 Å². The topological polar surface area (TPSA) is 150 Å². The van der Waals surface area contributed by atoms with Crippen LogP contribution in [0.3, 0.4) is 0 Å². The van der Waals surface area contributed by atoms with Crippen LogP contribution in [-0.2, 0) is 25.5 Å². The molecule has 0 bridgehead atoms. The summed E-state index contributed by atoms with van der Waals surface area (Å²) in [5, 5.41) is 29.8. The van der Waals surface area contributed by atoms with Gasteiger partial charge in [-0.05, 0) is 103 Å². The molecular weight excluding hydrogens is 823 g/mol. The number of halogens is 1. The van der Waals surface area contributed by atoms with Crippen LogP contribution in [0.4, 0.5) is 0 Å². The number of aromatic nitrogens is 4. The fraction of sp³-hybridized carbons (Fsp3) is 0.348. The Hall–Kier alpha value is -3.59. The number of benzene rings is 2. The number of amides is 2. The molecule has 10 nitrogen and oxygen atoms in total. The van der Waals surface area contributed by atoms with Gasteiger partial charge in [0.05, 0.1) is 40.4 Å². The maximum Gasteiger partial charge on any atom is 1.00 e. The van der Waals surface area contributed by atoms with E-state index in [0.29, 0.717) is 29.4 Å². The Labute approximate surface area is 388 Å². The normalized spacial score (nSPS) is 18.5. The molecule has 6 aromatic rings. The number of hydrogen-bond acceptors (Lipinski definition) is 10. The summed E-state index contributed by atoms with van der Waals surface area (Å²) in [6.45, 7) is 0. The SMILES string of the molecule is CSc1ccc(Cc2cc(C(=O)N[C@H]3CCCC[C@@H]3O)nc3ccccc23)cn1.C[S-].O=C(N[C@H]1CCCC[C@@H]1O)c1cc(Cc2ccc(Cl)nc2)c2ccccc2n1.[Na+]. The first-order valence-electron chi connectivity index (χ1n) is 20.0. The van der Waals surface area contributed by atoms with Crippen LogP contribution in [0.1, 0.15) is 94.6 Å². The van der Waals surface area contributed by atoms with E-state index >= 15 is 0 Å². The van der Waals surface area contributed by atoms with E-state index in [1.165, 1.54) is 0 Å². The van der Waals surface area contributed by atoms with Gasteiger partial charge in [0.25, 0.3) is 11.8 Å². The molecule has 0 radical (unpaired) electrons. The molecule has 4 atom stereocenters. The molecule has 2 fully saturated rings. The number of aliphatic hydroxyl groups is 2. The van der Waals surface area contributed by atoms with Crippen LogP contribution in [0.5, 0.6) is 0 Å². The maximum atomic E-state index is 12.9. The van der Waals surface area contributed by atoms with E-state index in [1.54, 1.807) is 30.3 Å². The van der Waals surface area contributed by atoms with Crippen LogP contribution in [0.15, 0.2) is 102 Å². The van der Waals surface area contributed by atoms with E-state index in [9.17, 15) is 19.8 Å². The van der Waals surface area contributed by atoms with Gasteiger partial charge in [0.15, 0.2) is 0 Å². The quantitative estimate of drug-likeness (QED) is 0.0674. The van der Waals surface area contributed by atoms with Gasteiger partial charge < -0.3 is 33.5 Å². The minimum absolute atomic E-state index is 0. The molecule has 60 heavy (non-hydrogen) atoms. The van der Waals surface area contributed by atoms with Crippen molar-refractivity contribution in [1.29, 1.82) is 0 Å². The van der Waals surface area contributed by atoms with E-state index in [4.69, 9.17) is 11.6 Å². The zero-order chi connectivity index (χ0) is 41.7. The smallest absolute Gasteiger partial charge is 0.796 e. The first kappa shape index (κ1) is 47.5. The number of fused-ring (bicyclic) bond motifs is 2. The molecule has 8 rings (SSSR count). The van der Waals surface area contributed by atoms with Crippen molar-refractivity contribution in [1.82, 2.24) is 30.6 Å². The van der Waals surface area contributed by atoms with Gasteiger partial charge in [-0.1, -0.05) is 85.8 Å². The fourth-order valence-electron chi connectivity index (χ4n) is 7.65. The molecule has 0 spiro atoms. The monoisotopic (exact) mass is 872 g/mol. The van der Waals surface area contributed by atoms with E-state index in [2.05, 4.69) is 49.3 Å². The Morgan fingerprint density at radius 2 is 1.13 bits per heavy atom. The summed E-state index contributed by atoms with van der Waals surface area (Å²) in [7, 11) is 0. The van der Waals surface area contributed by atoms with Gasteiger partial charge >= 0.3 is 29.6 Å². The summed E-state index contributed by atoms with van der Waals surface area (Å²) in [6, 6.07) is 26.8. The van der Waals surface area contributed by atoms with Crippen molar-refractivity contribution >= 4 is 69.6 Å². The third-order valence-corrected chi connectivity index (χ3v) is 11.6. The van der Waals surface area contributed by atoms with E-state index in [0.717, 1.165) is 100 Å². The molecule has 0 unspecified atom stereocenters. The van der Waals surface area contributed by atoms with Crippen LogP contribution in [0.2, 0.25) is 5.15 Å². The van der Waals surface area contributed by atoms with Crippen LogP contribution < -0.4 is 40.2 Å². The molecule has 14 heteroatoms. The number of pyridine rings is 4. The standard InChI is InChI=1S/C23H25N3O2S.C22H22ClN3O2.CH4S.Na/c1-29-22-11-10-15(14-24-22)12-16-13-20(25-18-7-3-2-6-17(16)18)23(28)26-19-8-4-5-9-21(19)27;23-21-10-9-14(13-24-21)11-15-12-19(25-17-6-2-1-5-16(15)17)22(28)26-18-7-3-4-8-20(18)27;1-2;/h2-3,6-7,10-11,13-14,19,21,27H,4-5,8-9,12H2,1H3,(H,26,28);1-2,5-6,9-10,12-13,18,20,27H,3-4,7-8,11H2,(H,26,28);2H,1H3;/q;;;+1/p-1/t19-,21-;18-,20-;;/m00../s1. The summed E-state index contributed by atoms with van der Waals surface area (Å²) in [5.74, 6) is -0.467. The fourth-order valence-corrected chi connectivity index (χ4v) is 8.13. The maximum absolute atomic E-state index is 12.9. The number of para-hydroxylation sites is 2. The van der Waals surface area contributed by atoms with Crippen LogP contribution in [0, 0.1) is 0 Å². The molecule has 2 aliphatic rings. The molecule has 4 heterocycles. The number of rotatable bonds is 9. The van der Waals surface area contributed by atoms with E-state index < -0.39 is 12.2 Å². The number of carbonyl (C=O) groups excluding carboxylic acids is 2. The Bertz CT molecular complexity index is 2340. The van der Waals surface area contributed by atoms with Gasteiger partial charge in [0, 0.05) is 23.2 Å². The average molecular weight is 874 g/mol. The molecule has 2 saturated carbocycles. The van der Waals surface area contributed by atoms with E-state index in [-0.39, 0.29) is 53.5 Å². The second-order valence-electron chi connectivity index (χ2n) is 14.8. The number of thioether (sulfide) groups is 1. The van der Waals surface area contributed by atoms with Crippen molar-refractivity contribution in [3.8, 4) is 0 Å². The summed E-state index contributed by atoms with van der Waals surface area (Å²) < 4.78 is 0. The van der Waals surface area contributed by atoms with Crippen LogP contribution >= 0.6 is 23.4 Å². The number of aliphatic hydroxyl groups excluding tert-OH is 2. The molecule has 2 amide bonds. The third kappa shape index (κ3) is 12.7. The zero-order valence-electron chi connectivity index (χ0n) is 34.3. The Morgan fingerprint density at radius 1 is 0.683 bits per heavy atom. The first-order valence-corrected chi connectivity index (χ1v) is 22.4. The van der Waals surface area contributed by atoms with Gasteiger partial charge in [-0.2, -0.15) is 6.26 Å². The predicted octanol–water partition coefficient (Wildman–Crippen LogP) is 5.05. The molecule has 4 aromatic heterocycles. The van der Waals surface area contributed by atoms with Crippen molar-refractivity contribution in [3.05, 3.63) is 136 Å². The largest absolute Gasteiger partial charge is 1.00 e. The van der Waals surface area contributed by atoms with Crippen molar-refractivity contribution in [2.45, 2.75) is 93.5 Å². The summed E-state index contributed by atoms with van der Waals surface area (Å²) in [6.07, 6.45) is 14.7. The van der Waals surface area contributed by atoms with Crippen molar-refractivity contribution in [2.24, 2.45) is 0 Å². The molecule has 2 aromatic carbocycles. The molecule has 308 valence electrons. The number of carbonyl (C=O) groups is 2.